The topological polar surface area (TPSA) is 62.5 Å². The molecule has 0 radical (unpaired) electrons. The van der Waals surface area contributed by atoms with Crippen molar-refractivity contribution in [3.05, 3.63) is 17.3 Å². The third kappa shape index (κ3) is 6.79. The van der Waals surface area contributed by atoms with Gasteiger partial charge in [-0.15, -0.1) is 24.0 Å². The number of halogens is 1. The Morgan fingerprint density at radius 3 is 2.53 bits per heavy atom. The number of nitrogens with one attached hydrogen (secondary N) is 2. The Bertz CT molecular complexity index is 370. The molecule has 0 aromatic carbocycles. The zero-order chi connectivity index (χ0) is 13.4. The van der Waals surface area contributed by atoms with E-state index < -0.39 is 0 Å². The maximum Gasteiger partial charge on any atom is 0.214 e. The van der Waals surface area contributed by atoms with Gasteiger partial charge in [-0.3, -0.25) is 4.99 Å². The van der Waals surface area contributed by atoms with Gasteiger partial charge in [0, 0.05) is 13.6 Å². The summed E-state index contributed by atoms with van der Waals surface area (Å²) < 4.78 is 5.50. The second kappa shape index (κ2) is 10.1. The maximum atomic E-state index is 5.50. The van der Waals surface area contributed by atoms with Crippen molar-refractivity contribution in [3.63, 3.8) is 0 Å². The molecule has 2 N–H and O–H groups in total. The molecule has 0 atom stereocenters. The first kappa shape index (κ1) is 18.2. The number of guanidine groups is 1. The van der Waals surface area contributed by atoms with Crippen LogP contribution in [0.15, 0.2) is 9.41 Å². The van der Waals surface area contributed by atoms with Crippen LogP contribution in [0.3, 0.4) is 0 Å². The normalized spacial score (nSPS) is 11.1. The molecule has 0 bridgehead atoms. The smallest absolute Gasteiger partial charge is 0.214 e. The molecule has 0 saturated heterocycles. The van der Waals surface area contributed by atoms with Gasteiger partial charge in [-0.1, -0.05) is 19.8 Å². The Morgan fingerprint density at radius 1 is 1.26 bits per heavy atom. The molecule has 0 aliphatic heterocycles. The molecule has 110 valence electrons. The summed E-state index contributed by atoms with van der Waals surface area (Å²) >= 11 is 0. The van der Waals surface area contributed by atoms with Crippen LogP contribution in [0, 0.1) is 13.8 Å². The van der Waals surface area contributed by atoms with Crippen LogP contribution < -0.4 is 10.6 Å². The molecule has 0 spiro atoms. The van der Waals surface area contributed by atoms with Crippen molar-refractivity contribution < 1.29 is 4.42 Å². The Balaban J connectivity index is 0.00000324. The number of hydrogen-bond acceptors (Lipinski definition) is 3. The highest BCUT2D eigenvalue weighted by atomic mass is 127. The molecule has 0 aliphatic carbocycles. The number of nitrogens with zero attached hydrogens (tertiary/aromatic N) is 2. The molecule has 1 rings (SSSR count). The van der Waals surface area contributed by atoms with E-state index in [0.717, 1.165) is 30.4 Å². The van der Waals surface area contributed by atoms with Crippen molar-refractivity contribution in [2.45, 2.75) is 46.6 Å². The van der Waals surface area contributed by atoms with Crippen LogP contribution in [0.1, 0.15) is 43.5 Å². The summed E-state index contributed by atoms with van der Waals surface area (Å²) in [4.78, 5) is 8.47. The summed E-state index contributed by atoms with van der Waals surface area (Å²) in [5.41, 5.74) is 0.942. The lowest BCUT2D eigenvalue weighted by atomic mass is 10.2. The van der Waals surface area contributed by atoms with Gasteiger partial charge in [0.05, 0.1) is 12.2 Å². The van der Waals surface area contributed by atoms with Gasteiger partial charge in [-0.2, -0.15) is 0 Å². The van der Waals surface area contributed by atoms with E-state index in [1.807, 2.05) is 13.8 Å². The molecule has 0 fully saturated rings. The maximum absolute atomic E-state index is 5.50. The summed E-state index contributed by atoms with van der Waals surface area (Å²) in [7, 11) is 1.77. The van der Waals surface area contributed by atoms with Gasteiger partial charge in [0.15, 0.2) is 5.96 Å². The number of rotatable bonds is 6. The third-order valence-electron chi connectivity index (χ3n) is 2.78. The van der Waals surface area contributed by atoms with E-state index in [1.165, 1.54) is 12.8 Å². The lowest BCUT2D eigenvalue weighted by Gasteiger charge is -2.09. The molecular formula is C13H25IN4O. The van der Waals surface area contributed by atoms with Gasteiger partial charge in [-0.05, 0) is 20.3 Å². The van der Waals surface area contributed by atoms with Crippen molar-refractivity contribution in [3.8, 4) is 0 Å². The van der Waals surface area contributed by atoms with E-state index in [1.54, 1.807) is 7.05 Å². The Labute approximate surface area is 132 Å². The summed E-state index contributed by atoms with van der Waals surface area (Å²) in [6.45, 7) is 7.56. The second-order valence-corrected chi connectivity index (χ2v) is 4.31. The zero-order valence-electron chi connectivity index (χ0n) is 12.2. The number of aliphatic imine (C=N–C) groups is 1. The van der Waals surface area contributed by atoms with Crippen molar-refractivity contribution in [2.75, 3.05) is 13.6 Å². The summed E-state index contributed by atoms with van der Waals surface area (Å²) in [5.74, 6) is 2.36. The predicted octanol–water partition coefficient (Wildman–Crippen LogP) is 2.76. The molecule has 0 saturated carbocycles. The van der Waals surface area contributed by atoms with Crippen LogP contribution >= 0.6 is 24.0 Å². The molecule has 19 heavy (non-hydrogen) atoms. The highest BCUT2D eigenvalue weighted by molar-refractivity contribution is 14.0. The first-order valence-electron chi connectivity index (χ1n) is 6.54. The summed E-state index contributed by atoms with van der Waals surface area (Å²) in [5, 5.41) is 6.45. The molecule has 5 nitrogen and oxygen atoms in total. The number of aromatic nitrogens is 1. The molecule has 0 amide bonds. The van der Waals surface area contributed by atoms with Crippen molar-refractivity contribution in [2.24, 2.45) is 4.99 Å². The van der Waals surface area contributed by atoms with Gasteiger partial charge >= 0.3 is 0 Å². The minimum absolute atomic E-state index is 0. The highest BCUT2D eigenvalue weighted by Gasteiger charge is 2.05. The molecule has 1 aromatic heterocycles. The number of aryl methyl sites for hydroxylation is 2. The Hall–Kier alpha value is -0.790. The van der Waals surface area contributed by atoms with E-state index in [2.05, 4.69) is 27.5 Å². The van der Waals surface area contributed by atoms with Crippen molar-refractivity contribution in [1.82, 2.24) is 15.6 Å². The lowest BCUT2D eigenvalue weighted by Crippen LogP contribution is -2.37. The van der Waals surface area contributed by atoms with E-state index >= 15 is 0 Å². The number of oxazole rings is 1. The molecule has 0 aliphatic rings. The first-order chi connectivity index (χ1) is 8.67. The van der Waals surface area contributed by atoms with E-state index in [9.17, 15) is 0 Å². The fourth-order valence-corrected chi connectivity index (χ4v) is 1.58. The van der Waals surface area contributed by atoms with Crippen LogP contribution in [0.5, 0.6) is 0 Å². The van der Waals surface area contributed by atoms with Crippen LogP contribution in [0.4, 0.5) is 0 Å². The first-order valence-corrected chi connectivity index (χ1v) is 6.54. The third-order valence-corrected chi connectivity index (χ3v) is 2.78. The minimum atomic E-state index is 0. The monoisotopic (exact) mass is 380 g/mol. The lowest BCUT2D eigenvalue weighted by molar-refractivity contribution is 0.463. The Kier molecular flexibility index (Phi) is 9.63. The average molecular weight is 380 g/mol. The number of hydrogen-bond donors (Lipinski definition) is 2. The fourth-order valence-electron chi connectivity index (χ4n) is 1.58. The van der Waals surface area contributed by atoms with Gasteiger partial charge in [0.2, 0.25) is 5.89 Å². The van der Waals surface area contributed by atoms with E-state index in [0.29, 0.717) is 12.4 Å². The summed E-state index contributed by atoms with van der Waals surface area (Å²) in [6.07, 6.45) is 3.62. The number of unbranched alkanes of at least 4 members (excludes halogenated alkanes) is 2. The Morgan fingerprint density at radius 2 is 2.00 bits per heavy atom. The van der Waals surface area contributed by atoms with Crippen LogP contribution in [0.25, 0.3) is 0 Å². The van der Waals surface area contributed by atoms with E-state index in [-0.39, 0.29) is 24.0 Å². The summed E-state index contributed by atoms with van der Waals surface area (Å²) in [6, 6.07) is 0. The molecule has 1 aromatic rings. The van der Waals surface area contributed by atoms with Crippen molar-refractivity contribution in [1.29, 1.82) is 0 Å². The second-order valence-electron chi connectivity index (χ2n) is 4.31. The van der Waals surface area contributed by atoms with Crippen LogP contribution in [-0.4, -0.2) is 24.5 Å². The average Bonchev–Trinajstić information content (AvgIpc) is 2.68. The van der Waals surface area contributed by atoms with Gasteiger partial charge in [0.25, 0.3) is 0 Å². The highest BCUT2D eigenvalue weighted by Crippen LogP contribution is 2.07. The molecule has 0 unspecified atom stereocenters. The molecular weight excluding hydrogens is 355 g/mol. The van der Waals surface area contributed by atoms with Gasteiger partial charge in [-0.25, -0.2) is 4.98 Å². The molecule has 1 heterocycles. The van der Waals surface area contributed by atoms with Gasteiger partial charge in [0.1, 0.15) is 5.76 Å². The zero-order valence-corrected chi connectivity index (χ0v) is 14.6. The quantitative estimate of drug-likeness (QED) is 0.345. The molecule has 6 heteroatoms. The SMILES string of the molecule is CCCCCNC(=NC)NCc1nc(C)c(C)o1.I. The fraction of sp³-hybridized carbons (Fsp3) is 0.692. The van der Waals surface area contributed by atoms with E-state index in [4.69, 9.17) is 4.42 Å². The van der Waals surface area contributed by atoms with Gasteiger partial charge < -0.3 is 15.1 Å². The largest absolute Gasteiger partial charge is 0.444 e. The van der Waals surface area contributed by atoms with Crippen LogP contribution in [0.2, 0.25) is 0 Å². The standard InChI is InChI=1S/C13H24N4O.HI/c1-5-6-7-8-15-13(14-4)16-9-12-17-10(2)11(3)18-12;/h5-9H2,1-4H3,(H2,14,15,16);1H. The predicted molar refractivity (Wildman–Crippen MR) is 89.1 cm³/mol. The minimum Gasteiger partial charge on any atom is -0.444 e. The van der Waals surface area contributed by atoms with Crippen LogP contribution in [-0.2, 0) is 6.54 Å². The van der Waals surface area contributed by atoms with Crippen molar-refractivity contribution >= 4 is 29.9 Å².